The van der Waals surface area contributed by atoms with Crippen molar-refractivity contribution in [2.75, 3.05) is 26.4 Å². The van der Waals surface area contributed by atoms with Crippen LogP contribution in [0.15, 0.2) is 84.9 Å². The Morgan fingerprint density at radius 3 is 2.03 bits per heavy atom. The summed E-state index contributed by atoms with van der Waals surface area (Å²) in [6.45, 7) is 3.64. The average Bonchev–Trinajstić information content (AvgIpc) is 2.90. The summed E-state index contributed by atoms with van der Waals surface area (Å²) in [4.78, 5) is 26.5. The van der Waals surface area contributed by atoms with Crippen molar-refractivity contribution in [2.24, 2.45) is 0 Å². The highest BCUT2D eigenvalue weighted by Crippen LogP contribution is 2.14. The maximum absolute atomic E-state index is 12.8. The van der Waals surface area contributed by atoms with Gasteiger partial charge < -0.3 is 19.1 Å². The maximum atomic E-state index is 12.8. The molecule has 36 heavy (non-hydrogen) atoms. The van der Waals surface area contributed by atoms with Crippen LogP contribution in [0.3, 0.4) is 0 Å². The number of carbonyl (C=O) groups is 2. The molecule has 0 aliphatic rings. The van der Waals surface area contributed by atoms with Crippen LogP contribution in [0.25, 0.3) is 0 Å². The second-order valence-electron chi connectivity index (χ2n) is 7.76. The molecule has 188 valence electrons. The Bertz CT molecular complexity index is 1110. The Morgan fingerprint density at radius 2 is 1.42 bits per heavy atom. The van der Waals surface area contributed by atoms with Gasteiger partial charge in [-0.15, -0.1) is 0 Å². The van der Waals surface area contributed by atoms with Crippen molar-refractivity contribution in [1.82, 2.24) is 10.2 Å². The number of amides is 1. The molecule has 0 heterocycles. The fourth-order valence-corrected chi connectivity index (χ4v) is 3.55. The number of ether oxygens (including phenoxy) is 3. The second-order valence-corrected chi connectivity index (χ2v) is 8.14. The molecule has 7 nitrogen and oxygen atoms in total. The number of nitrogens with zero attached hydrogens (tertiary/aromatic N) is 1. The van der Waals surface area contributed by atoms with Gasteiger partial charge in [-0.05, 0) is 61.1 Å². The third-order valence-electron chi connectivity index (χ3n) is 5.10. The predicted octanol–water partition coefficient (Wildman–Crippen LogP) is 4.61. The van der Waals surface area contributed by atoms with Crippen molar-refractivity contribution in [3.8, 4) is 11.5 Å². The standard InChI is InChI=1S/C28H30N2O5S/c1-2-33-26(31)17-18-30(21-22-9-5-3-6-10-22)28(36)29-27(32)23-13-15-25(16-14-23)35-20-19-34-24-11-7-4-8-12-24/h3-16H,2,17-21H2,1H3,(H,29,32,36). The molecule has 0 fully saturated rings. The zero-order valence-electron chi connectivity index (χ0n) is 20.2. The number of benzene rings is 3. The predicted molar refractivity (Wildman–Crippen MR) is 142 cm³/mol. The van der Waals surface area contributed by atoms with Gasteiger partial charge in [-0.2, -0.15) is 0 Å². The van der Waals surface area contributed by atoms with Crippen molar-refractivity contribution in [3.05, 3.63) is 96.1 Å². The van der Waals surface area contributed by atoms with Crippen LogP contribution in [0, 0.1) is 0 Å². The van der Waals surface area contributed by atoms with Gasteiger partial charge in [0.2, 0.25) is 0 Å². The fraction of sp³-hybridized carbons (Fsp3) is 0.250. The van der Waals surface area contributed by atoms with Crippen molar-refractivity contribution in [2.45, 2.75) is 19.9 Å². The molecular formula is C28H30N2O5S. The Balaban J connectivity index is 1.52. The van der Waals surface area contributed by atoms with E-state index in [1.165, 1.54) is 0 Å². The Kier molecular flexibility index (Phi) is 10.7. The van der Waals surface area contributed by atoms with E-state index in [0.717, 1.165) is 11.3 Å². The SMILES string of the molecule is CCOC(=O)CCN(Cc1ccccc1)C(=S)NC(=O)c1ccc(OCCOc2ccccc2)cc1. The molecule has 3 aromatic rings. The van der Waals surface area contributed by atoms with Crippen molar-refractivity contribution >= 4 is 29.2 Å². The lowest BCUT2D eigenvalue weighted by molar-refractivity contribution is -0.143. The van der Waals surface area contributed by atoms with Gasteiger partial charge in [0.1, 0.15) is 24.7 Å². The highest BCUT2D eigenvalue weighted by molar-refractivity contribution is 7.80. The summed E-state index contributed by atoms with van der Waals surface area (Å²) in [5, 5.41) is 3.01. The zero-order valence-corrected chi connectivity index (χ0v) is 21.0. The lowest BCUT2D eigenvalue weighted by Crippen LogP contribution is -2.43. The van der Waals surface area contributed by atoms with Crippen LogP contribution in [0.2, 0.25) is 0 Å². The first kappa shape index (κ1) is 26.7. The van der Waals surface area contributed by atoms with E-state index in [4.69, 9.17) is 26.4 Å². The molecule has 0 radical (unpaired) electrons. The van der Waals surface area contributed by atoms with E-state index in [2.05, 4.69) is 5.32 Å². The molecule has 0 atom stereocenters. The molecule has 0 aliphatic carbocycles. The van der Waals surface area contributed by atoms with E-state index in [9.17, 15) is 9.59 Å². The molecule has 3 aromatic carbocycles. The van der Waals surface area contributed by atoms with Gasteiger partial charge in [0, 0.05) is 18.7 Å². The van der Waals surface area contributed by atoms with Crippen molar-refractivity contribution < 1.29 is 23.8 Å². The van der Waals surface area contributed by atoms with Gasteiger partial charge in [0.05, 0.1) is 13.0 Å². The van der Waals surface area contributed by atoms with E-state index in [1.807, 2.05) is 60.7 Å². The number of thiocarbonyl (C=S) groups is 1. The molecule has 0 saturated carbocycles. The summed E-state index contributed by atoms with van der Waals surface area (Å²) < 4.78 is 16.3. The molecule has 0 bridgehead atoms. The Labute approximate surface area is 217 Å². The van der Waals surface area contributed by atoms with Crippen LogP contribution in [0.1, 0.15) is 29.3 Å². The number of hydrogen-bond donors (Lipinski definition) is 1. The van der Waals surface area contributed by atoms with Gasteiger partial charge in [-0.3, -0.25) is 14.9 Å². The van der Waals surface area contributed by atoms with E-state index < -0.39 is 0 Å². The summed E-state index contributed by atoms with van der Waals surface area (Å²) in [5.41, 5.74) is 1.45. The molecular weight excluding hydrogens is 476 g/mol. The van der Waals surface area contributed by atoms with Gasteiger partial charge in [-0.1, -0.05) is 48.5 Å². The molecule has 3 rings (SSSR count). The quantitative estimate of drug-likeness (QED) is 0.218. The molecule has 8 heteroatoms. The minimum absolute atomic E-state index is 0.163. The maximum Gasteiger partial charge on any atom is 0.307 e. The van der Waals surface area contributed by atoms with E-state index in [-0.39, 0.29) is 23.4 Å². The van der Waals surface area contributed by atoms with Gasteiger partial charge in [-0.25, -0.2) is 0 Å². The van der Waals surface area contributed by atoms with Gasteiger partial charge in [0.25, 0.3) is 5.91 Å². The smallest absolute Gasteiger partial charge is 0.307 e. The molecule has 1 N–H and O–H groups in total. The van der Waals surface area contributed by atoms with E-state index in [0.29, 0.717) is 44.2 Å². The Hall–Kier alpha value is -3.91. The third-order valence-corrected chi connectivity index (χ3v) is 5.46. The summed E-state index contributed by atoms with van der Waals surface area (Å²) >= 11 is 5.51. The first-order valence-electron chi connectivity index (χ1n) is 11.8. The monoisotopic (exact) mass is 506 g/mol. The molecule has 0 aliphatic heterocycles. The van der Waals surface area contributed by atoms with Gasteiger partial charge in [0.15, 0.2) is 5.11 Å². The van der Waals surface area contributed by atoms with Crippen LogP contribution >= 0.6 is 12.2 Å². The average molecular weight is 507 g/mol. The summed E-state index contributed by atoms with van der Waals surface area (Å²) in [7, 11) is 0. The first-order valence-corrected chi connectivity index (χ1v) is 12.2. The first-order chi connectivity index (χ1) is 17.5. The Morgan fingerprint density at radius 1 is 0.833 bits per heavy atom. The summed E-state index contributed by atoms with van der Waals surface area (Å²) in [6, 6.07) is 26.0. The lowest BCUT2D eigenvalue weighted by atomic mass is 10.2. The normalized spacial score (nSPS) is 10.2. The van der Waals surface area contributed by atoms with E-state index in [1.54, 1.807) is 36.1 Å². The van der Waals surface area contributed by atoms with Gasteiger partial charge >= 0.3 is 5.97 Å². The van der Waals surface area contributed by atoms with Crippen molar-refractivity contribution in [3.63, 3.8) is 0 Å². The molecule has 1 amide bonds. The molecule has 0 unspecified atom stereocenters. The summed E-state index contributed by atoms with van der Waals surface area (Å²) in [6.07, 6.45) is 0.163. The van der Waals surface area contributed by atoms with Crippen molar-refractivity contribution in [1.29, 1.82) is 0 Å². The number of rotatable bonds is 12. The highest BCUT2D eigenvalue weighted by atomic mass is 32.1. The van der Waals surface area contributed by atoms with Crippen LogP contribution in [0.5, 0.6) is 11.5 Å². The van der Waals surface area contributed by atoms with Crippen LogP contribution < -0.4 is 14.8 Å². The fourth-order valence-electron chi connectivity index (χ4n) is 3.30. The number of nitrogens with one attached hydrogen (secondary N) is 1. The largest absolute Gasteiger partial charge is 0.490 e. The number of esters is 1. The van der Waals surface area contributed by atoms with Crippen LogP contribution in [-0.4, -0.2) is 48.3 Å². The topological polar surface area (TPSA) is 77.1 Å². The molecule has 0 spiro atoms. The number of hydrogen-bond acceptors (Lipinski definition) is 6. The molecule has 0 saturated heterocycles. The highest BCUT2D eigenvalue weighted by Gasteiger charge is 2.16. The minimum Gasteiger partial charge on any atom is -0.490 e. The van der Waals surface area contributed by atoms with Crippen LogP contribution in [-0.2, 0) is 16.1 Å². The van der Waals surface area contributed by atoms with Crippen LogP contribution in [0.4, 0.5) is 0 Å². The third kappa shape index (κ3) is 9.03. The lowest BCUT2D eigenvalue weighted by Gasteiger charge is -2.25. The summed E-state index contributed by atoms with van der Waals surface area (Å²) in [5.74, 6) is 0.765. The molecule has 0 aromatic heterocycles. The zero-order chi connectivity index (χ0) is 25.6. The second kappa shape index (κ2) is 14.5. The number of carbonyl (C=O) groups excluding carboxylic acids is 2. The van der Waals surface area contributed by atoms with E-state index >= 15 is 0 Å². The number of para-hydroxylation sites is 1. The minimum atomic E-state index is -0.340.